The van der Waals surface area contributed by atoms with Crippen LogP contribution in [0.3, 0.4) is 0 Å². The molecule has 1 atom stereocenters. The van der Waals surface area contributed by atoms with Gasteiger partial charge in [-0.25, -0.2) is 0 Å². The Kier molecular flexibility index (Phi) is 4.88. The highest BCUT2D eigenvalue weighted by Crippen LogP contribution is 2.24. The molecule has 2 heterocycles. The van der Waals surface area contributed by atoms with Crippen LogP contribution in [0.15, 0.2) is 24.3 Å². The van der Waals surface area contributed by atoms with Gasteiger partial charge in [0.2, 0.25) is 5.91 Å². The van der Waals surface area contributed by atoms with Crippen LogP contribution in [0, 0.1) is 10.1 Å². The summed E-state index contributed by atoms with van der Waals surface area (Å²) in [7, 11) is 0. The first kappa shape index (κ1) is 15.9. The van der Waals surface area contributed by atoms with E-state index in [4.69, 9.17) is 0 Å². The topological polar surface area (TPSA) is 78.7 Å². The SMILES string of the molecule is O=C(CN1CC[C@H](N2CCCC2)C1)Nc1ccccc1[N+](=O)[O-]. The summed E-state index contributed by atoms with van der Waals surface area (Å²) >= 11 is 0. The van der Waals surface area contributed by atoms with Gasteiger partial charge in [0.1, 0.15) is 5.69 Å². The lowest BCUT2D eigenvalue weighted by Gasteiger charge is -2.23. The van der Waals surface area contributed by atoms with E-state index >= 15 is 0 Å². The fourth-order valence-electron chi connectivity index (χ4n) is 3.49. The van der Waals surface area contributed by atoms with E-state index in [9.17, 15) is 14.9 Å². The number of carbonyl (C=O) groups is 1. The fraction of sp³-hybridized carbons (Fsp3) is 0.562. The number of anilines is 1. The second-order valence-corrected chi connectivity index (χ2v) is 6.24. The molecule has 1 N–H and O–H groups in total. The molecule has 1 aromatic carbocycles. The van der Waals surface area contributed by atoms with Crippen molar-refractivity contribution in [2.75, 3.05) is 38.0 Å². The van der Waals surface area contributed by atoms with Gasteiger partial charge < -0.3 is 5.32 Å². The first-order chi connectivity index (χ1) is 11.1. The van der Waals surface area contributed by atoms with Crippen LogP contribution in [0.2, 0.25) is 0 Å². The lowest BCUT2D eigenvalue weighted by atomic mass is 10.2. The molecule has 2 fully saturated rings. The lowest BCUT2D eigenvalue weighted by molar-refractivity contribution is -0.383. The Hall–Kier alpha value is -1.99. The number of hydrogen-bond acceptors (Lipinski definition) is 5. The van der Waals surface area contributed by atoms with Crippen LogP contribution in [0.1, 0.15) is 19.3 Å². The third kappa shape index (κ3) is 3.86. The smallest absolute Gasteiger partial charge is 0.292 e. The van der Waals surface area contributed by atoms with E-state index in [0.29, 0.717) is 6.04 Å². The minimum atomic E-state index is -0.477. The summed E-state index contributed by atoms with van der Waals surface area (Å²) in [4.78, 5) is 27.3. The summed E-state index contributed by atoms with van der Waals surface area (Å²) in [6.07, 6.45) is 3.64. The maximum atomic E-state index is 12.2. The van der Waals surface area contributed by atoms with E-state index in [-0.39, 0.29) is 23.8 Å². The quantitative estimate of drug-likeness (QED) is 0.660. The molecule has 23 heavy (non-hydrogen) atoms. The summed E-state index contributed by atoms with van der Waals surface area (Å²) in [5.41, 5.74) is 0.190. The van der Waals surface area contributed by atoms with Crippen LogP contribution < -0.4 is 5.32 Å². The third-order valence-corrected chi connectivity index (χ3v) is 4.65. The number of nitro benzene ring substituents is 1. The van der Waals surface area contributed by atoms with Gasteiger partial charge in [-0.1, -0.05) is 12.1 Å². The molecule has 0 aromatic heterocycles. The van der Waals surface area contributed by atoms with Crippen molar-refractivity contribution in [1.82, 2.24) is 9.80 Å². The van der Waals surface area contributed by atoms with Crippen LogP contribution in [0.25, 0.3) is 0 Å². The molecule has 0 bridgehead atoms. The molecule has 2 aliphatic rings. The van der Waals surface area contributed by atoms with Gasteiger partial charge in [0, 0.05) is 25.2 Å². The highest BCUT2D eigenvalue weighted by Gasteiger charge is 2.30. The zero-order valence-corrected chi connectivity index (χ0v) is 13.1. The Morgan fingerprint density at radius 2 is 2.00 bits per heavy atom. The Balaban J connectivity index is 1.53. The average Bonchev–Trinajstić information content (AvgIpc) is 3.18. The zero-order chi connectivity index (χ0) is 16.2. The highest BCUT2D eigenvalue weighted by atomic mass is 16.6. The molecule has 0 aliphatic carbocycles. The van der Waals surface area contributed by atoms with Gasteiger partial charge in [0.15, 0.2) is 0 Å². The van der Waals surface area contributed by atoms with Crippen molar-refractivity contribution >= 4 is 17.3 Å². The minimum absolute atomic E-state index is 0.0720. The van der Waals surface area contributed by atoms with Crippen LogP contribution in [-0.2, 0) is 4.79 Å². The fourth-order valence-corrected chi connectivity index (χ4v) is 3.49. The maximum absolute atomic E-state index is 12.2. The minimum Gasteiger partial charge on any atom is -0.319 e. The van der Waals surface area contributed by atoms with E-state index in [1.807, 2.05) is 0 Å². The summed E-state index contributed by atoms with van der Waals surface area (Å²) in [6, 6.07) is 6.79. The molecule has 7 nitrogen and oxygen atoms in total. The van der Waals surface area contributed by atoms with E-state index in [1.54, 1.807) is 18.2 Å². The van der Waals surface area contributed by atoms with Gasteiger partial charge in [-0.2, -0.15) is 0 Å². The molecule has 124 valence electrons. The van der Waals surface area contributed by atoms with Crippen molar-refractivity contribution in [3.63, 3.8) is 0 Å². The van der Waals surface area contributed by atoms with Gasteiger partial charge in [0.05, 0.1) is 11.5 Å². The standard InChI is InChI=1S/C16H22N4O3/c21-16(17-14-5-1-2-6-15(14)20(22)23)12-18-10-7-13(11-18)19-8-3-4-9-19/h1-2,5-6,13H,3-4,7-12H2,(H,17,21)/t13-/m0/s1. The largest absolute Gasteiger partial charge is 0.319 e. The van der Waals surface area contributed by atoms with Gasteiger partial charge in [0.25, 0.3) is 5.69 Å². The molecular weight excluding hydrogens is 296 g/mol. The van der Waals surface area contributed by atoms with E-state index < -0.39 is 4.92 Å². The van der Waals surface area contributed by atoms with Crippen molar-refractivity contribution in [2.24, 2.45) is 0 Å². The number of likely N-dealkylation sites (tertiary alicyclic amines) is 2. The molecule has 7 heteroatoms. The molecule has 2 saturated heterocycles. The summed E-state index contributed by atoms with van der Waals surface area (Å²) in [5, 5.41) is 13.6. The van der Waals surface area contributed by atoms with Crippen molar-refractivity contribution in [1.29, 1.82) is 0 Å². The van der Waals surface area contributed by atoms with Crippen LogP contribution in [0.4, 0.5) is 11.4 Å². The third-order valence-electron chi connectivity index (χ3n) is 4.65. The van der Waals surface area contributed by atoms with Crippen molar-refractivity contribution < 1.29 is 9.72 Å². The summed E-state index contributed by atoms with van der Waals surface area (Å²) in [6.45, 7) is 4.44. The van der Waals surface area contributed by atoms with Gasteiger partial charge in [-0.05, 0) is 38.4 Å². The number of nitrogens with zero attached hydrogens (tertiary/aromatic N) is 3. The molecule has 1 aromatic rings. The number of hydrogen-bond donors (Lipinski definition) is 1. The predicted octanol–water partition coefficient (Wildman–Crippen LogP) is 1.70. The Morgan fingerprint density at radius 3 is 2.74 bits per heavy atom. The second-order valence-electron chi connectivity index (χ2n) is 6.24. The van der Waals surface area contributed by atoms with Gasteiger partial charge in [-0.3, -0.25) is 24.7 Å². The number of amides is 1. The predicted molar refractivity (Wildman–Crippen MR) is 87.4 cm³/mol. The van der Waals surface area contributed by atoms with Crippen LogP contribution >= 0.6 is 0 Å². The molecule has 1 amide bonds. The molecule has 0 unspecified atom stereocenters. The Bertz CT molecular complexity index is 586. The summed E-state index contributed by atoms with van der Waals surface area (Å²) < 4.78 is 0. The monoisotopic (exact) mass is 318 g/mol. The average molecular weight is 318 g/mol. The van der Waals surface area contributed by atoms with Gasteiger partial charge in [-0.15, -0.1) is 0 Å². The Morgan fingerprint density at radius 1 is 1.26 bits per heavy atom. The first-order valence-electron chi connectivity index (χ1n) is 8.13. The normalized spacial score (nSPS) is 22.3. The number of carbonyl (C=O) groups excluding carboxylic acids is 1. The zero-order valence-electron chi connectivity index (χ0n) is 13.1. The number of nitro groups is 1. The molecule has 2 aliphatic heterocycles. The number of nitrogens with one attached hydrogen (secondary N) is 1. The molecule has 0 saturated carbocycles. The van der Waals surface area contributed by atoms with Crippen LogP contribution in [-0.4, -0.2) is 59.4 Å². The first-order valence-corrected chi connectivity index (χ1v) is 8.13. The molecule has 3 rings (SSSR count). The lowest BCUT2D eigenvalue weighted by Crippen LogP contribution is -2.37. The maximum Gasteiger partial charge on any atom is 0.292 e. The van der Waals surface area contributed by atoms with Crippen molar-refractivity contribution in [3.05, 3.63) is 34.4 Å². The Labute approximate surface area is 135 Å². The number of benzene rings is 1. The number of rotatable bonds is 5. The highest BCUT2D eigenvalue weighted by molar-refractivity contribution is 5.94. The van der Waals surface area contributed by atoms with E-state index in [1.165, 1.54) is 32.0 Å². The summed E-state index contributed by atoms with van der Waals surface area (Å²) in [5.74, 6) is -0.193. The van der Waals surface area contributed by atoms with Gasteiger partial charge >= 0.3 is 0 Å². The number of para-hydroxylation sites is 2. The second kappa shape index (κ2) is 7.06. The van der Waals surface area contributed by atoms with Crippen molar-refractivity contribution in [2.45, 2.75) is 25.3 Å². The van der Waals surface area contributed by atoms with Crippen molar-refractivity contribution in [3.8, 4) is 0 Å². The van der Waals surface area contributed by atoms with E-state index in [0.717, 1.165) is 19.5 Å². The molecule has 0 radical (unpaired) electrons. The molecular formula is C16H22N4O3. The molecule has 0 spiro atoms. The van der Waals surface area contributed by atoms with E-state index in [2.05, 4.69) is 15.1 Å². The van der Waals surface area contributed by atoms with Crippen LogP contribution in [0.5, 0.6) is 0 Å².